The molecule has 0 unspecified atom stereocenters. The first-order valence-electron chi connectivity index (χ1n) is 10.3. The van der Waals surface area contributed by atoms with E-state index in [1.807, 2.05) is 40.9 Å². The van der Waals surface area contributed by atoms with E-state index < -0.39 is 10.0 Å². The van der Waals surface area contributed by atoms with Crippen LogP contribution in [0, 0.1) is 0 Å². The van der Waals surface area contributed by atoms with Gasteiger partial charge in [0, 0.05) is 42.9 Å². The molecule has 2 aromatic rings. The van der Waals surface area contributed by atoms with Gasteiger partial charge in [-0.15, -0.1) is 11.8 Å². The second-order valence-electron chi connectivity index (χ2n) is 7.72. The summed E-state index contributed by atoms with van der Waals surface area (Å²) < 4.78 is 27.1. The fraction of sp³-hybridized carbons (Fsp3) is 0.409. The van der Waals surface area contributed by atoms with Crippen molar-refractivity contribution in [2.45, 2.75) is 28.4 Å². The SMILES string of the molecule is C[C@H]1CCN(C(=O)CN2CCN(S(=O)(=O)c3ccccc3)CC2)c2ccccc2S1. The lowest BCUT2D eigenvalue weighted by Crippen LogP contribution is -2.51. The van der Waals surface area contributed by atoms with Crippen LogP contribution in [0.4, 0.5) is 5.69 Å². The zero-order chi connectivity index (χ0) is 21.1. The van der Waals surface area contributed by atoms with E-state index in [0.29, 0.717) is 49.4 Å². The minimum Gasteiger partial charge on any atom is -0.310 e. The monoisotopic (exact) mass is 445 g/mol. The van der Waals surface area contributed by atoms with Crippen molar-refractivity contribution in [1.82, 2.24) is 9.21 Å². The van der Waals surface area contributed by atoms with Crippen molar-refractivity contribution in [3.05, 3.63) is 54.6 Å². The van der Waals surface area contributed by atoms with Gasteiger partial charge in [0.2, 0.25) is 15.9 Å². The Hall–Kier alpha value is -1.87. The first-order valence-corrected chi connectivity index (χ1v) is 12.6. The van der Waals surface area contributed by atoms with Crippen LogP contribution in [0.2, 0.25) is 0 Å². The number of amides is 1. The molecule has 0 N–H and O–H groups in total. The molecule has 0 aromatic heterocycles. The van der Waals surface area contributed by atoms with Crippen LogP contribution in [0.15, 0.2) is 64.4 Å². The van der Waals surface area contributed by atoms with E-state index in [-0.39, 0.29) is 5.91 Å². The van der Waals surface area contributed by atoms with E-state index in [0.717, 1.165) is 17.0 Å². The maximum Gasteiger partial charge on any atom is 0.243 e. The van der Waals surface area contributed by atoms with Crippen LogP contribution in [0.25, 0.3) is 0 Å². The Morgan fingerprint density at radius 1 is 0.967 bits per heavy atom. The number of rotatable bonds is 4. The summed E-state index contributed by atoms with van der Waals surface area (Å²) in [5, 5.41) is 0.468. The largest absolute Gasteiger partial charge is 0.310 e. The summed E-state index contributed by atoms with van der Waals surface area (Å²) in [4.78, 5) is 18.6. The Kier molecular flexibility index (Phi) is 6.48. The highest BCUT2D eigenvalue weighted by Gasteiger charge is 2.30. The average molecular weight is 446 g/mol. The molecule has 8 heteroatoms. The number of nitrogens with zero attached hydrogens (tertiary/aromatic N) is 3. The third-order valence-electron chi connectivity index (χ3n) is 5.62. The molecule has 0 bridgehead atoms. The van der Waals surface area contributed by atoms with Crippen LogP contribution in [-0.4, -0.2) is 68.0 Å². The van der Waals surface area contributed by atoms with Gasteiger partial charge in [-0.05, 0) is 30.7 Å². The summed E-state index contributed by atoms with van der Waals surface area (Å²) >= 11 is 1.82. The molecule has 1 saturated heterocycles. The van der Waals surface area contributed by atoms with Crippen molar-refractivity contribution in [3.63, 3.8) is 0 Å². The van der Waals surface area contributed by atoms with Gasteiger partial charge in [0.1, 0.15) is 0 Å². The van der Waals surface area contributed by atoms with E-state index in [2.05, 4.69) is 17.9 Å². The van der Waals surface area contributed by atoms with Gasteiger partial charge in [-0.3, -0.25) is 9.69 Å². The van der Waals surface area contributed by atoms with Crippen molar-refractivity contribution in [2.24, 2.45) is 0 Å². The Morgan fingerprint density at radius 2 is 1.63 bits per heavy atom. The molecule has 4 rings (SSSR count). The van der Waals surface area contributed by atoms with Crippen molar-refractivity contribution < 1.29 is 13.2 Å². The predicted molar refractivity (Wildman–Crippen MR) is 120 cm³/mol. The molecule has 1 fully saturated rings. The minimum absolute atomic E-state index is 0.0801. The summed E-state index contributed by atoms with van der Waals surface area (Å²) in [5.74, 6) is 0.0801. The van der Waals surface area contributed by atoms with Gasteiger partial charge in [0.05, 0.1) is 17.1 Å². The molecule has 0 aliphatic carbocycles. The number of thioether (sulfide) groups is 1. The van der Waals surface area contributed by atoms with Crippen LogP contribution < -0.4 is 4.90 Å². The molecule has 1 atom stereocenters. The summed E-state index contributed by atoms with van der Waals surface area (Å²) in [6.45, 7) is 5.12. The quantitative estimate of drug-likeness (QED) is 0.724. The number of hydrogen-bond donors (Lipinski definition) is 0. The van der Waals surface area contributed by atoms with Crippen LogP contribution in [0.3, 0.4) is 0 Å². The maximum atomic E-state index is 13.1. The first-order chi connectivity index (χ1) is 14.4. The van der Waals surface area contributed by atoms with Gasteiger partial charge in [-0.25, -0.2) is 8.42 Å². The lowest BCUT2D eigenvalue weighted by Gasteiger charge is -2.34. The first kappa shape index (κ1) is 21.4. The highest BCUT2D eigenvalue weighted by molar-refractivity contribution is 8.00. The zero-order valence-corrected chi connectivity index (χ0v) is 18.7. The van der Waals surface area contributed by atoms with Crippen molar-refractivity contribution >= 4 is 33.4 Å². The van der Waals surface area contributed by atoms with Crippen molar-refractivity contribution in [3.8, 4) is 0 Å². The number of carbonyl (C=O) groups is 1. The fourth-order valence-electron chi connectivity index (χ4n) is 3.89. The van der Waals surface area contributed by atoms with E-state index in [1.165, 1.54) is 4.31 Å². The lowest BCUT2D eigenvalue weighted by atomic mass is 10.2. The van der Waals surface area contributed by atoms with Crippen molar-refractivity contribution in [2.75, 3.05) is 44.2 Å². The van der Waals surface area contributed by atoms with Crippen LogP contribution in [0.5, 0.6) is 0 Å². The lowest BCUT2D eigenvalue weighted by molar-refractivity contribution is -0.120. The summed E-state index contributed by atoms with van der Waals surface area (Å²) in [6, 6.07) is 16.6. The molecule has 30 heavy (non-hydrogen) atoms. The van der Waals surface area contributed by atoms with Gasteiger partial charge in [0.15, 0.2) is 0 Å². The third kappa shape index (κ3) is 4.56. The Bertz CT molecular complexity index is 990. The second kappa shape index (κ2) is 9.09. The van der Waals surface area contributed by atoms with Gasteiger partial charge in [0.25, 0.3) is 0 Å². The number of sulfonamides is 1. The Morgan fingerprint density at radius 3 is 2.37 bits per heavy atom. The molecule has 160 valence electrons. The number of anilines is 1. The third-order valence-corrected chi connectivity index (χ3v) is 8.77. The Balaban J connectivity index is 1.39. The normalized spacial score (nSPS) is 21.1. The standard InChI is InChI=1S/C22H27N3O3S2/c1-18-11-12-25(20-9-5-6-10-21(20)29-18)22(26)17-23-13-15-24(16-14-23)30(27,28)19-7-3-2-4-8-19/h2-10,18H,11-17H2,1H3/t18-/m0/s1. The molecule has 2 heterocycles. The van der Waals surface area contributed by atoms with E-state index in [4.69, 9.17) is 0 Å². The number of benzene rings is 2. The molecule has 0 radical (unpaired) electrons. The fourth-order valence-corrected chi connectivity index (χ4v) is 6.45. The van der Waals surface area contributed by atoms with E-state index in [1.54, 1.807) is 24.3 Å². The minimum atomic E-state index is -3.48. The average Bonchev–Trinajstić information content (AvgIpc) is 2.93. The van der Waals surface area contributed by atoms with Gasteiger partial charge >= 0.3 is 0 Å². The maximum absolute atomic E-state index is 13.1. The molecular formula is C22H27N3O3S2. The molecule has 2 aromatic carbocycles. The number of piperazine rings is 1. The van der Waals surface area contributed by atoms with Gasteiger partial charge < -0.3 is 4.90 Å². The van der Waals surface area contributed by atoms with Crippen LogP contribution in [0.1, 0.15) is 13.3 Å². The highest BCUT2D eigenvalue weighted by Crippen LogP contribution is 2.37. The van der Waals surface area contributed by atoms with E-state index >= 15 is 0 Å². The van der Waals surface area contributed by atoms with Crippen molar-refractivity contribution in [1.29, 1.82) is 0 Å². The summed E-state index contributed by atoms with van der Waals surface area (Å²) in [6.07, 6.45) is 0.953. The molecule has 0 saturated carbocycles. The number of hydrogen-bond acceptors (Lipinski definition) is 5. The summed E-state index contributed by atoms with van der Waals surface area (Å²) in [5.41, 5.74) is 0.988. The number of carbonyl (C=O) groups excluding carboxylic acids is 1. The van der Waals surface area contributed by atoms with Crippen LogP contribution in [-0.2, 0) is 14.8 Å². The summed E-state index contributed by atoms with van der Waals surface area (Å²) in [7, 11) is -3.48. The highest BCUT2D eigenvalue weighted by atomic mass is 32.2. The van der Waals surface area contributed by atoms with Gasteiger partial charge in [-0.2, -0.15) is 4.31 Å². The topological polar surface area (TPSA) is 60.9 Å². The predicted octanol–water partition coefficient (Wildman–Crippen LogP) is 2.91. The molecule has 6 nitrogen and oxygen atoms in total. The molecule has 2 aliphatic rings. The number of fused-ring (bicyclic) bond motifs is 1. The number of para-hydroxylation sites is 1. The molecular weight excluding hydrogens is 418 g/mol. The van der Waals surface area contributed by atoms with Gasteiger partial charge in [-0.1, -0.05) is 37.3 Å². The smallest absolute Gasteiger partial charge is 0.243 e. The zero-order valence-electron chi connectivity index (χ0n) is 17.1. The molecule has 2 aliphatic heterocycles. The second-order valence-corrected chi connectivity index (χ2v) is 11.1. The Labute approximate surface area is 182 Å². The molecule has 0 spiro atoms. The van der Waals surface area contributed by atoms with Crippen LogP contribution >= 0.6 is 11.8 Å². The molecule has 1 amide bonds. The van der Waals surface area contributed by atoms with E-state index in [9.17, 15) is 13.2 Å².